The lowest BCUT2D eigenvalue weighted by atomic mass is 9.87. The molecule has 2 rings (SSSR count). The van der Waals surface area contributed by atoms with Gasteiger partial charge in [0.2, 0.25) is 0 Å². The largest absolute Gasteiger partial charge is 0.481 e. The van der Waals surface area contributed by atoms with Gasteiger partial charge in [0.15, 0.2) is 6.10 Å². The quantitative estimate of drug-likeness (QED) is 0.723. The van der Waals surface area contributed by atoms with Gasteiger partial charge in [-0.2, -0.15) is 0 Å². The molecule has 0 radical (unpaired) electrons. The van der Waals surface area contributed by atoms with Crippen LogP contribution in [0.3, 0.4) is 0 Å². The number of benzene rings is 2. The van der Waals surface area contributed by atoms with E-state index in [0.29, 0.717) is 6.42 Å². The van der Waals surface area contributed by atoms with Crippen LogP contribution in [-0.4, -0.2) is 17.6 Å². The predicted octanol–water partition coefficient (Wildman–Crippen LogP) is 5.28. The highest BCUT2D eigenvalue weighted by Crippen LogP contribution is 2.25. The third-order valence-electron chi connectivity index (χ3n) is 4.61. The van der Waals surface area contributed by atoms with Crippen LogP contribution in [0, 0.1) is 0 Å². The summed E-state index contributed by atoms with van der Waals surface area (Å²) in [5.74, 6) is 0.657. The van der Waals surface area contributed by atoms with Crippen LogP contribution in [0.15, 0.2) is 54.6 Å². The summed E-state index contributed by atoms with van der Waals surface area (Å²) in [6.07, 6.45) is 0.894. The first-order valence-corrected chi connectivity index (χ1v) is 9.74. The molecule has 0 heterocycles. The van der Waals surface area contributed by atoms with Crippen molar-refractivity contribution in [3.8, 4) is 5.75 Å². The number of amides is 1. The van der Waals surface area contributed by atoms with Crippen molar-refractivity contribution >= 4 is 5.91 Å². The third-order valence-corrected chi connectivity index (χ3v) is 4.61. The van der Waals surface area contributed by atoms with Crippen molar-refractivity contribution in [2.45, 2.75) is 71.4 Å². The standard InChI is InChI=1S/C24H33NO2/c1-7-21(27-20-15-13-19(14-16-20)23(2,3)4)22(26)25-24(5,6)17-18-11-9-8-10-12-18/h8-16,21H,7,17H2,1-6H3,(H,25,26)/t21-/m0/s1. The van der Waals surface area contributed by atoms with Gasteiger partial charge in [0.05, 0.1) is 0 Å². The van der Waals surface area contributed by atoms with Crippen molar-refractivity contribution in [2.75, 3.05) is 0 Å². The van der Waals surface area contributed by atoms with Crippen molar-refractivity contribution in [1.29, 1.82) is 0 Å². The highest BCUT2D eigenvalue weighted by Gasteiger charge is 2.26. The van der Waals surface area contributed by atoms with Crippen molar-refractivity contribution < 1.29 is 9.53 Å². The highest BCUT2D eigenvalue weighted by atomic mass is 16.5. The van der Waals surface area contributed by atoms with Gasteiger partial charge in [0.1, 0.15) is 5.75 Å². The Hall–Kier alpha value is -2.29. The molecule has 1 N–H and O–H groups in total. The lowest BCUT2D eigenvalue weighted by molar-refractivity contribution is -0.129. The minimum absolute atomic E-state index is 0.0710. The SMILES string of the molecule is CC[C@H](Oc1ccc(C(C)(C)C)cc1)C(=O)NC(C)(C)Cc1ccccc1. The third kappa shape index (κ3) is 6.42. The van der Waals surface area contributed by atoms with E-state index in [1.165, 1.54) is 11.1 Å². The summed E-state index contributed by atoms with van der Waals surface area (Å²) in [7, 11) is 0. The van der Waals surface area contributed by atoms with Gasteiger partial charge >= 0.3 is 0 Å². The van der Waals surface area contributed by atoms with Crippen LogP contribution in [0.1, 0.15) is 59.1 Å². The first-order chi connectivity index (χ1) is 12.6. The second-order valence-corrected chi connectivity index (χ2v) is 8.82. The summed E-state index contributed by atoms with van der Waals surface area (Å²) in [4.78, 5) is 12.8. The molecular formula is C24H33NO2. The van der Waals surface area contributed by atoms with Gasteiger partial charge in [0.25, 0.3) is 5.91 Å². The maximum Gasteiger partial charge on any atom is 0.261 e. The molecule has 27 heavy (non-hydrogen) atoms. The van der Waals surface area contributed by atoms with Crippen LogP contribution in [-0.2, 0) is 16.6 Å². The molecule has 0 aliphatic heterocycles. The van der Waals surface area contributed by atoms with E-state index in [0.717, 1.165) is 12.2 Å². The second-order valence-electron chi connectivity index (χ2n) is 8.82. The zero-order valence-corrected chi connectivity index (χ0v) is 17.5. The maximum atomic E-state index is 12.8. The van der Waals surface area contributed by atoms with Gasteiger partial charge < -0.3 is 10.1 Å². The zero-order valence-electron chi connectivity index (χ0n) is 17.5. The van der Waals surface area contributed by atoms with E-state index in [4.69, 9.17) is 4.74 Å². The van der Waals surface area contributed by atoms with Gasteiger partial charge in [-0.05, 0) is 55.4 Å². The second kappa shape index (κ2) is 8.60. The van der Waals surface area contributed by atoms with Crippen LogP contribution in [0.25, 0.3) is 0 Å². The monoisotopic (exact) mass is 367 g/mol. The molecule has 0 aliphatic rings. The Bertz CT molecular complexity index is 727. The normalized spacial score (nSPS) is 13.1. The van der Waals surface area contributed by atoms with Crippen LogP contribution in [0.4, 0.5) is 0 Å². The fourth-order valence-corrected chi connectivity index (χ4v) is 3.08. The van der Waals surface area contributed by atoms with Crippen LogP contribution >= 0.6 is 0 Å². The molecule has 0 saturated heterocycles. The van der Waals surface area contributed by atoms with Gasteiger partial charge in [-0.3, -0.25) is 4.79 Å². The number of rotatable bonds is 7. The molecule has 2 aromatic rings. The van der Waals surface area contributed by atoms with E-state index in [1.54, 1.807) is 0 Å². The molecule has 0 bridgehead atoms. The van der Waals surface area contributed by atoms with E-state index in [-0.39, 0.29) is 16.9 Å². The van der Waals surface area contributed by atoms with Crippen molar-refractivity contribution in [1.82, 2.24) is 5.32 Å². The number of ether oxygens (including phenoxy) is 1. The first kappa shape index (κ1) is 21.0. The van der Waals surface area contributed by atoms with Crippen LogP contribution in [0.2, 0.25) is 0 Å². The Morgan fingerprint density at radius 1 is 0.963 bits per heavy atom. The lowest BCUT2D eigenvalue weighted by Crippen LogP contribution is -2.50. The number of carbonyl (C=O) groups excluding carboxylic acids is 1. The minimum atomic E-state index is -0.500. The van der Waals surface area contributed by atoms with Gasteiger partial charge in [0, 0.05) is 5.54 Å². The van der Waals surface area contributed by atoms with Gasteiger partial charge in [-0.15, -0.1) is 0 Å². The molecule has 3 nitrogen and oxygen atoms in total. The molecule has 146 valence electrons. The van der Waals surface area contributed by atoms with E-state index in [1.807, 2.05) is 51.1 Å². The topological polar surface area (TPSA) is 38.3 Å². The fraction of sp³-hybridized carbons (Fsp3) is 0.458. The fourth-order valence-electron chi connectivity index (χ4n) is 3.08. The molecule has 3 heteroatoms. The summed E-state index contributed by atoms with van der Waals surface area (Å²) < 4.78 is 5.98. The number of carbonyl (C=O) groups is 1. The zero-order chi connectivity index (χ0) is 20.1. The summed E-state index contributed by atoms with van der Waals surface area (Å²) in [6.45, 7) is 12.6. The maximum absolute atomic E-state index is 12.8. The molecule has 0 saturated carbocycles. The number of nitrogens with one attached hydrogen (secondary N) is 1. The average Bonchev–Trinajstić information content (AvgIpc) is 2.59. The molecule has 0 unspecified atom stereocenters. The molecule has 2 aromatic carbocycles. The molecule has 1 amide bonds. The lowest BCUT2D eigenvalue weighted by Gasteiger charge is -2.29. The summed E-state index contributed by atoms with van der Waals surface area (Å²) in [5, 5.41) is 3.15. The Morgan fingerprint density at radius 3 is 2.07 bits per heavy atom. The number of hydrogen-bond acceptors (Lipinski definition) is 2. The molecule has 0 spiro atoms. The smallest absolute Gasteiger partial charge is 0.261 e. The van der Waals surface area contributed by atoms with E-state index < -0.39 is 6.10 Å². The van der Waals surface area contributed by atoms with E-state index >= 15 is 0 Å². The first-order valence-electron chi connectivity index (χ1n) is 9.74. The Balaban J connectivity index is 2.00. The van der Waals surface area contributed by atoms with Gasteiger partial charge in [-0.25, -0.2) is 0 Å². The summed E-state index contributed by atoms with van der Waals surface area (Å²) >= 11 is 0. The Morgan fingerprint density at radius 2 is 1.56 bits per heavy atom. The van der Waals surface area contributed by atoms with Crippen LogP contribution in [0.5, 0.6) is 5.75 Å². The Kier molecular flexibility index (Phi) is 6.69. The van der Waals surface area contributed by atoms with Crippen molar-refractivity contribution in [3.63, 3.8) is 0 Å². The van der Waals surface area contributed by atoms with Gasteiger partial charge in [-0.1, -0.05) is 70.2 Å². The predicted molar refractivity (Wildman–Crippen MR) is 112 cm³/mol. The molecule has 0 fully saturated rings. The summed E-state index contributed by atoms with van der Waals surface area (Å²) in [5.41, 5.74) is 2.21. The van der Waals surface area contributed by atoms with Crippen molar-refractivity contribution in [3.05, 3.63) is 65.7 Å². The van der Waals surface area contributed by atoms with E-state index in [2.05, 4.69) is 50.4 Å². The van der Waals surface area contributed by atoms with Crippen LogP contribution < -0.4 is 10.1 Å². The van der Waals surface area contributed by atoms with E-state index in [9.17, 15) is 4.79 Å². The average molecular weight is 368 g/mol. The minimum Gasteiger partial charge on any atom is -0.481 e. The molecule has 0 aromatic heterocycles. The Labute approximate surface area is 164 Å². The highest BCUT2D eigenvalue weighted by molar-refractivity contribution is 5.81. The number of hydrogen-bond donors (Lipinski definition) is 1. The molecular weight excluding hydrogens is 334 g/mol. The summed E-state index contributed by atoms with van der Waals surface area (Å²) in [6, 6.07) is 18.2. The molecule has 1 atom stereocenters. The van der Waals surface area contributed by atoms with Crippen molar-refractivity contribution in [2.24, 2.45) is 0 Å². The molecule has 0 aliphatic carbocycles.